The highest BCUT2D eigenvalue weighted by Gasteiger charge is 2.35. The zero-order chi connectivity index (χ0) is 17.1. The zero-order valence-electron chi connectivity index (χ0n) is 13.6. The van der Waals surface area contributed by atoms with Crippen molar-refractivity contribution in [3.8, 4) is 0 Å². The predicted octanol–water partition coefficient (Wildman–Crippen LogP) is 0.771. The Bertz CT molecular complexity index is 702. The third kappa shape index (κ3) is 3.68. The molecule has 0 radical (unpaired) electrons. The van der Waals surface area contributed by atoms with Gasteiger partial charge in [0.25, 0.3) is 5.56 Å². The molecule has 0 aromatic carbocycles. The van der Waals surface area contributed by atoms with Crippen LogP contribution in [0.3, 0.4) is 0 Å². The molecule has 2 fully saturated rings. The van der Waals surface area contributed by atoms with Gasteiger partial charge >= 0.3 is 5.69 Å². The molecule has 3 atom stereocenters. The molecule has 1 saturated heterocycles. The van der Waals surface area contributed by atoms with Gasteiger partial charge in [-0.05, 0) is 18.8 Å². The van der Waals surface area contributed by atoms with Gasteiger partial charge in [-0.25, -0.2) is 4.79 Å². The fourth-order valence-electron chi connectivity index (χ4n) is 3.45. The van der Waals surface area contributed by atoms with Crippen molar-refractivity contribution >= 4 is 6.08 Å². The van der Waals surface area contributed by atoms with Crippen molar-refractivity contribution in [1.29, 1.82) is 0 Å². The first-order valence-corrected chi connectivity index (χ1v) is 8.56. The summed E-state index contributed by atoms with van der Waals surface area (Å²) in [6.45, 7) is -0.315. The minimum Gasteiger partial charge on any atom is -0.394 e. The topological polar surface area (TPSA) is 105 Å². The van der Waals surface area contributed by atoms with E-state index < -0.39 is 29.7 Å². The number of ether oxygens (including phenoxy) is 1. The highest BCUT2D eigenvalue weighted by molar-refractivity contribution is 5.46. The molecule has 24 heavy (non-hydrogen) atoms. The summed E-state index contributed by atoms with van der Waals surface area (Å²) in [5, 5.41) is 19.0. The largest absolute Gasteiger partial charge is 0.394 e. The van der Waals surface area contributed by atoms with E-state index in [2.05, 4.69) is 4.98 Å². The molecule has 0 spiro atoms. The van der Waals surface area contributed by atoms with Crippen molar-refractivity contribution in [3.63, 3.8) is 0 Å². The third-order valence-corrected chi connectivity index (χ3v) is 4.89. The second-order valence-electron chi connectivity index (χ2n) is 6.62. The molecule has 7 heteroatoms. The van der Waals surface area contributed by atoms with Gasteiger partial charge in [0, 0.05) is 12.6 Å². The lowest BCUT2D eigenvalue weighted by Gasteiger charge is -2.18. The lowest BCUT2D eigenvalue weighted by atomic mass is 9.89. The third-order valence-electron chi connectivity index (χ3n) is 4.89. The van der Waals surface area contributed by atoms with E-state index in [9.17, 15) is 14.7 Å². The molecule has 2 heterocycles. The first-order chi connectivity index (χ1) is 11.6. The first-order valence-electron chi connectivity index (χ1n) is 8.56. The fourth-order valence-corrected chi connectivity index (χ4v) is 3.45. The van der Waals surface area contributed by atoms with E-state index >= 15 is 0 Å². The number of allylic oxidation sites excluding steroid dienone is 1. The van der Waals surface area contributed by atoms with Crippen molar-refractivity contribution in [2.45, 2.75) is 57.0 Å². The number of H-pyrrole nitrogens is 1. The summed E-state index contributed by atoms with van der Waals surface area (Å²) in [5.41, 5.74) is -0.614. The molecule has 1 aromatic heterocycles. The Hall–Kier alpha value is -1.70. The second kappa shape index (κ2) is 7.46. The normalized spacial score (nSPS) is 28.7. The van der Waals surface area contributed by atoms with Crippen molar-refractivity contribution in [2.24, 2.45) is 5.92 Å². The molecule has 0 amide bonds. The SMILES string of the molecule is O=c1[nH]c(=O)n([C@@H]2CC(O)[C@H](CO)O2)cc1C=CC1CCCCC1. The van der Waals surface area contributed by atoms with Crippen molar-refractivity contribution in [1.82, 2.24) is 9.55 Å². The van der Waals surface area contributed by atoms with Crippen molar-refractivity contribution < 1.29 is 14.9 Å². The van der Waals surface area contributed by atoms with Gasteiger partial charge in [0.05, 0.1) is 18.3 Å². The summed E-state index contributed by atoms with van der Waals surface area (Å²) in [5.74, 6) is 0.474. The zero-order valence-corrected chi connectivity index (χ0v) is 13.6. The quantitative estimate of drug-likeness (QED) is 0.753. The number of nitrogens with zero attached hydrogens (tertiary/aromatic N) is 1. The van der Waals surface area contributed by atoms with E-state index in [1.165, 1.54) is 30.0 Å². The van der Waals surface area contributed by atoms with Gasteiger partial charge in [-0.1, -0.05) is 31.4 Å². The Morgan fingerprint density at radius 1 is 1.29 bits per heavy atom. The Kier molecular flexibility index (Phi) is 5.33. The molecular weight excluding hydrogens is 312 g/mol. The van der Waals surface area contributed by atoms with E-state index in [4.69, 9.17) is 9.84 Å². The van der Waals surface area contributed by atoms with Gasteiger partial charge in [0.2, 0.25) is 0 Å². The molecular formula is C17H24N2O5. The number of aromatic amines is 1. The van der Waals surface area contributed by atoms with Gasteiger partial charge in [0.1, 0.15) is 12.3 Å². The standard InChI is InChI=1S/C17H24N2O5/c20-10-14-13(21)8-15(24-14)19-9-12(16(22)18-17(19)23)7-6-11-4-2-1-3-5-11/h6-7,9,11,13-15,20-21H,1-5,8,10H2,(H,18,22,23)/t13?,14-,15-/m0/s1. The van der Waals surface area contributed by atoms with Gasteiger partial charge in [-0.15, -0.1) is 0 Å². The second-order valence-corrected chi connectivity index (χ2v) is 6.62. The van der Waals surface area contributed by atoms with E-state index in [0.29, 0.717) is 11.5 Å². The highest BCUT2D eigenvalue weighted by atomic mass is 16.5. The minimum atomic E-state index is -0.833. The van der Waals surface area contributed by atoms with E-state index in [-0.39, 0.29) is 13.0 Å². The highest BCUT2D eigenvalue weighted by Crippen LogP contribution is 2.28. The summed E-state index contributed by atoms with van der Waals surface area (Å²) in [6, 6.07) is 0. The molecule has 3 rings (SSSR count). The molecule has 2 aliphatic rings. The van der Waals surface area contributed by atoms with Gasteiger partial charge in [0.15, 0.2) is 0 Å². The molecule has 1 aliphatic heterocycles. The lowest BCUT2D eigenvalue weighted by Crippen LogP contribution is -2.33. The molecule has 3 N–H and O–H groups in total. The van der Waals surface area contributed by atoms with Crippen LogP contribution in [0.25, 0.3) is 6.08 Å². The van der Waals surface area contributed by atoms with Crippen LogP contribution in [0.15, 0.2) is 21.9 Å². The molecule has 132 valence electrons. The summed E-state index contributed by atoms with van der Waals surface area (Å²) in [4.78, 5) is 26.4. The van der Waals surface area contributed by atoms with Gasteiger partial charge < -0.3 is 14.9 Å². The summed E-state index contributed by atoms with van der Waals surface area (Å²) in [6.07, 6.45) is 9.18. The Morgan fingerprint density at radius 2 is 2.04 bits per heavy atom. The summed E-state index contributed by atoms with van der Waals surface area (Å²) >= 11 is 0. The maximum atomic E-state index is 12.0. The van der Waals surface area contributed by atoms with Crippen LogP contribution in [-0.2, 0) is 4.74 Å². The van der Waals surface area contributed by atoms with Crippen LogP contribution in [-0.4, -0.2) is 38.6 Å². The van der Waals surface area contributed by atoms with E-state index in [1.807, 2.05) is 6.08 Å². The maximum absolute atomic E-state index is 12.0. The summed E-state index contributed by atoms with van der Waals surface area (Å²) in [7, 11) is 0. The predicted molar refractivity (Wildman–Crippen MR) is 88.6 cm³/mol. The van der Waals surface area contributed by atoms with Crippen molar-refractivity contribution in [3.05, 3.63) is 38.7 Å². The lowest BCUT2D eigenvalue weighted by molar-refractivity contribution is -0.0459. The van der Waals surface area contributed by atoms with Crippen LogP contribution in [0.4, 0.5) is 0 Å². The van der Waals surface area contributed by atoms with Gasteiger partial charge in [-0.3, -0.25) is 14.3 Å². The summed E-state index contributed by atoms with van der Waals surface area (Å²) < 4.78 is 6.77. The number of hydrogen-bond donors (Lipinski definition) is 3. The van der Waals surface area contributed by atoms with E-state index in [1.54, 1.807) is 6.08 Å². The number of rotatable bonds is 4. The monoisotopic (exact) mass is 336 g/mol. The smallest absolute Gasteiger partial charge is 0.330 e. The number of aromatic nitrogens is 2. The number of aliphatic hydroxyl groups excluding tert-OH is 2. The fraction of sp³-hybridized carbons (Fsp3) is 0.647. The Balaban J connectivity index is 1.82. The molecule has 1 aliphatic carbocycles. The minimum absolute atomic E-state index is 0.197. The molecule has 7 nitrogen and oxygen atoms in total. The molecule has 0 bridgehead atoms. The van der Waals surface area contributed by atoms with Crippen LogP contribution in [0.2, 0.25) is 0 Å². The number of hydrogen-bond acceptors (Lipinski definition) is 5. The van der Waals surface area contributed by atoms with Crippen molar-refractivity contribution in [2.75, 3.05) is 6.61 Å². The Labute approximate surface area is 139 Å². The maximum Gasteiger partial charge on any atom is 0.330 e. The Morgan fingerprint density at radius 3 is 2.71 bits per heavy atom. The molecule has 1 aromatic rings. The van der Waals surface area contributed by atoms with Gasteiger partial charge in [-0.2, -0.15) is 0 Å². The molecule has 1 unspecified atom stereocenters. The average Bonchev–Trinajstić information content (AvgIpc) is 2.95. The first kappa shape index (κ1) is 17.1. The molecule has 1 saturated carbocycles. The number of nitrogens with one attached hydrogen (secondary N) is 1. The average molecular weight is 336 g/mol. The van der Waals surface area contributed by atoms with Crippen LogP contribution >= 0.6 is 0 Å². The number of aliphatic hydroxyl groups is 2. The van der Waals surface area contributed by atoms with Crippen LogP contribution in [0.5, 0.6) is 0 Å². The van der Waals surface area contributed by atoms with Crippen LogP contribution < -0.4 is 11.2 Å². The van der Waals surface area contributed by atoms with E-state index in [0.717, 1.165) is 12.8 Å². The van der Waals surface area contributed by atoms with Crippen LogP contribution in [0.1, 0.15) is 50.3 Å². The van der Waals surface area contributed by atoms with Crippen LogP contribution in [0, 0.1) is 5.92 Å².